The first-order valence-electron chi connectivity index (χ1n) is 7.49. The number of rotatable bonds is 2. The van der Waals surface area contributed by atoms with Crippen LogP contribution < -0.4 is 10.9 Å². The van der Waals surface area contributed by atoms with Crippen molar-refractivity contribution in [3.8, 4) is 0 Å². The van der Waals surface area contributed by atoms with Crippen LogP contribution >= 0.6 is 11.3 Å². The van der Waals surface area contributed by atoms with E-state index in [9.17, 15) is 9.59 Å². The number of urea groups is 1. The summed E-state index contributed by atoms with van der Waals surface area (Å²) < 4.78 is 1.38. The largest absolute Gasteiger partial charge is 0.323 e. The molecule has 1 N–H and O–H groups in total. The maximum Gasteiger partial charge on any atom is 0.323 e. The van der Waals surface area contributed by atoms with Crippen LogP contribution in [0.5, 0.6) is 0 Å². The minimum Gasteiger partial charge on any atom is -0.320 e. The number of hydrogen-bond donors (Lipinski definition) is 1. The van der Waals surface area contributed by atoms with Crippen molar-refractivity contribution in [3.05, 3.63) is 38.3 Å². The molecule has 1 aliphatic rings. The quantitative estimate of drug-likeness (QED) is 0.912. The third kappa shape index (κ3) is 2.98. The maximum absolute atomic E-state index is 12.5. The number of amides is 2. The number of thiazole rings is 1. The summed E-state index contributed by atoms with van der Waals surface area (Å²) in [6.45, 7) is 1.98. The van der Waals surface area contributed by atoms with Gasteiger partial charge in [0, 0.05) is 26.5 Å². The van der Waals surface area contributed by atoms with Crippen LogP contribution in [0.1, 0.15) is 34.5 Å². The monoisotopic (exact) mass is 333 g/mol. The third-order valence-corrected chi connectivity index (χ3v) is 5.17. The van der Waals surface area contributed by atoms with Crippen molar-refractivity contribution in [3.63, 3.8) is 0 Å². The molecule has 2 heterocycles. The van der Waals surface area contributed by atoms with Gasteiger partial charge in [-0.1, -0.05) is 0 Å². The highest BCUT2D eigenvalue weighted by Crippen LogP contribution is 2.37. The molecule has 8 heteroatoms. The van der Waals surface area contributed by atoms with Gasteiger partial charge in [-0.15, -0.1) is 11.3 Å². The second-order valence-electron chi connectivity index (χ2n) is 5.68. The summed E-state index contributed by atoms with van der Waals surface area (Å²) in [6, 6.07) is -0.331. The SMILES string of the molecule is Cc1nc2c(s1)[C@H](N(C)C(=O)Nc1nccn(C)c1=O)CCC2. The molecule has 0 aliphatic heterocycles. The number of nitrogens with one attached hydrogen (secondary N) is 1. The third-order valence-electron chi connectivity index (χ3n) is 4.06. The zero-order valence-corrected chi connectivity index (χ0v) is 14.2. The molecular weight excluding hydrogens is 314 g/mol. The molecule has 0 aromatic carbocycles. The zero-order chi connectivity index (χ0) is 16.6. The molecule has 3 rings (SSSR count). The summed E-state index contributed by atoms with van der Waals surface area (Å²) in [6.07, 6.45) is 5.91. The van der Waals surface area contributed by atoms with E-state index in [2.05, 4.69) is 15.3 Å². The molecule has 1 atom stereocenters. The van der Waals surface area contributed by atoms with Gasteiger partial charge in [0.15, 0.2) is 0 Å². The van der Waals surface area contributed by atoms with Crippen LogP contribution in [0.15, 0.2) is 17.2 Å². The summed E-state index contributed by atoms with van der Waals surface area (Å²) in [5.74, 6) is 0.0448. The topological polar surface area (TPSA) is 80.1 Å². The van der Waals surface area contributed by atoms with Gasteiger partial charge < -0.3 is 9.47 Å². The average molecular weight is 333 g/mol. The second-order valence-corrected chi connectivity index (χ2v) is 6.92. The number of fused-ring (bicyclic) bond motifs is 1. The fourth-order valence-electron chi connectivity index (χ4n) is 2.80. The van der Waals surface area contributed by atoms with Crippen LogP contribution in [0.25, 0.3) is 0 Å². The Hall–Kier alpha value is -2.22. The molecule has 0 saturated heterocycles. The first kappa shape index (κ1) is 15.7. The molecule has 7 nitrogen and oxygen atoms in total. The minimum absolute atomic E-state index is 0.00230. The Morgan fingerprint density at radius 3 is 3.09 bits per heavy atom. The van der Waals surface area contributed by atoms with Gasteiger partial charge in [0.05, 0.1) is 21.6 Å². The Morgan fingerprint density at radius 2 is 2.30 bits per heavy atom. The average Bonchev–Trinajstić information content (AvgIpc) is 2.91. The van der Waals surface area contributed by atoms with E-state index in [1.54, 1.807) is 36.5 Å². The molecule has 2 aromatic rings. The van der Waals surface area contributed by atoms with Crippen molar-refractivity contribution in [2.24, 2.45) is 7.05 Å². The molecule has 1 aliphatic carbocycles. The normalized spacial score (nSPS) is 16.7. The van der Waals surface area contributed by atoms with E-state index in [1.165, 1.54) is 10.8 Å². The van der Waals surface area contributed by atoms with Crippen molar-refractivity contribution in [2.75, 3.05) is 12.4 Å². The molecule has 0 bridgehead atoms. The summed E-state index contributed by atoms with van der Waals surface area (Å²) >= 11 is 1.64. The summed E-state index contributed by atoms with van der Waals surface area (Å²) in [4.78, 5) is 35.8. The predicted molar refractivity (Wildman–Crippen MR) is 88.8 cm³/mol. The highest BCUT2D eigenvalue weighted by atomic mass is 32.1. The Kier molecular flexibility index (Phi) is 4.16. The van der Waals surface area contributed by atoms with E-state index in [1.807, 2.05) is 6.92 Å². The highest BCUT2D eigenvalue weighted by molar-refractivity contribution is 7.11. The van der Waals surface area contributed by atoms with Crippen molar-refractivity contribution < 1.29 is 4.79 Å². The molecule has 0 unspecified atom stereocenters. The van der Waals surface area contributed by atoms with Crippen LogP contribution in [-0.2, 0) is 13.5 Å². The number of hydrogen-bond acceptors (Lipinski definition) is 5. The molecule has 0 saturated carbocycles. The van der Waals surface area contributed by atoms with Gasteiger partial charge in [0.25, 0.3) is 5.56 Å². The van der Waals surface area contributed by atoms with E-state index < -0.39 is 0 Å². The van der Waals surface area contributed by atoms with Gasteiger partial charge in [-0.05, 0) is 26.2 Å². The van der Waals surface area contributed by atoms with Gasteiger partial charge in [0.2, 0.25) is 5.82 Å². The van der Waals surface area contributed by atoms with Crippen molar-refractivity contribution >= 4 is 23.2 Å². The first-order valence-corrected chi connectivity index (χ1v) is 8.30. The summed E-state index contributed by atoms with van der Waals surface area (Å²) in [5.41, 5.74) is 0.768. The zero-order valence-electron chi connectivity index (χ0n) is 13.4. The highest BCUT2D eigenvalue weighted by Gasteiger charge is 2.30. The Balaban J connectivity index is 1.81. The fraction of sp³-hybridized carbons (Fsp3) is 0.467. The van der Waals surface area contributed by atoms with Crippen molar-refractivity contribution in [1.82, 2.24) is 19.4 Å². The van der Waals surface area contributed by atoms with E-state index in [0.717, 1.165) is 34.8 Å². The van der Waals surface area contributed by atoms with Crippen molar-refractivity contribution in [2.45, 2.75) is 32.2 Å². The standard InChI is InChI=1S/C15H19N5O2S/c1-9-17-10-5-4-6-11(12(10)23-9)20(3)15(22)18-13-14(21)19(2)8-7-16-13/h7-8,11H,4-6H2,1-3H3,(H,16,18,22)/t11-/m1/s1. The Labute approximate surface area is 138 Å². The molecular formula is C15H19N5O2S. The molecule has 0 spiro atoms. The molecule has 2 amide bonds. The van der Waals surface area contributed by atoms with E-state index in [4.69, 9.17) is 0 Å². The lowest BCUT2D eigenvalue weighted by atomic mass is 9.97. The molecule has 0 radical (unpaired) electrons. The molecule has 23 heavy (non-hydrogen) atoms. The minimum atomic E-state index is -0.329. The Bertz CT molecular complexity index is 797. The van der Waals surface area contributed by atoms with Gasteiger partial charge in [-0.3, -0.25) is 10.1 Å². The molecule has 2 aromatic heterocycles. The van der Waals surface area contributed by atoms with Crippen LogP contribution in [0.2, 0.25) is 0 Å². The fourth-order valence-corrected chi connectivity index (χ4v) is 3.96. The van der Waals surface area contributed by atoms with Crippen LogP contribution in [0, 0.1) is 6.92 Å². The lowest BCUT2D eigenvalue weighted by molar-refractivity contribution is 0.198. The van der Waals surface area contributed by atoms with Gasteiger partial charge in [-0.2, -0.15) is 0 Å². The molecule has 0 fully saturated rings. The smallest absolute Gasteiger partial charge is 0.320 e. The maximum atomic E-state index is 12.5. The van der Waals surface area contributed by atoms with Crippen LogP contribution in [0.4, 0.5) is 10.6 Å². The number of carbonyl (C=O) groups is 1. The number of carbonyl (C=O) groups excluding carboxylic acids is 1. The van der Waals surface area contributed by atoms with Crippen LogP contribution in [0.3, 0.4) is 0 Å². The van der Waals surface area contributed by atoms with Gasteiger partial charge in [0.1, 0.15) is 0 Å². The summed E-state index contributed by atoms with van der Waals surface area (Å²) in [5, 5.41) is 3.63. The number of aryl methyl sites for hydroxylation is 3. The number of anilines is 1. The van der Waals surface area contributed by atoms with Crippen LogP contribution in [-0.4, -0.2) is 32.5 Å². The van der Waals surface area contributed by atoms with Crippen molar-refractivity contribution in [1.29, 1.82) is 0 Å². The second kappa shape index (κ2) is 6.11. The van der Waals surface area contributed by atoms with Gasteiger partial charge in [-0.25, -0.2) is 14.8 Å². The van der Waals surface area contributed by atoms with Gasteiger partial charge >= 0.3 is 6.03 Å². The molecule has 122 valence electrons. The lowest BCUT2D eigenvalue weighted by Crippen LogP contribution is -2.38. The lowest BCUT2D eigenvalue weighted by Gasteiger charge is -2.30. The Morgan fingerprint density at radius 1 is 1.52 bits per heavy atom. The van der Waals surface area contributed by atoms with E-state index >= 15 is 0 Å². The summed E-state index contributed by atoms with van der Waals surface area (Å²) in [7, 11) is 3.37. The van der Waals surface area contributed by atoms with E-state index in [0.29, 0.717) is 0 Å². The predicted octanol–water partition coefficient (Wildman–Crippen LogP) is 2.09. The first-order chi connectivity index (χ1) is 11.0. The number of aromatic nitrogens is 3. The van der Waals surface area contributed by atoms with E-state index in [-0.39, 0.29) is 23.5 Å². The number of nitrogens with zero attached hydrogens (tertiary/aromatic N) is 4.